The topological polar surface area (TPSA) is 62.5 Å². The van der Waals surface area contributed by atoms with Gasteiger partial charge in [-0.3, -0.25) is 4.79 Å². The Morgan fingerprint density at radius 1 is 1.25 bits per heavy atom. The first-order valence-corrected chi connectivity index (χ1v) is 9.03. The van der Waals surface area contributed by atoms with E-state index in [1.807, 2.05) is 36.4 Å². The molecule has 24 heavy (non-hydrogen) atoms. The van der Waals surface area contributed by atoms with Crippen molar-refractivity contribution in [2.75, 3.05) is 6.61 Å². The molecule has 0 fully saturated rings. The highest BCUT2D eigenvalue weighted by molar-refractivity contribution is 7.98. The Morgan fingerprint density at radius 2 is 1.96 bits per heavy atom. The number of aliphatic hydroxyl groups is 1. The minimum atomic E-state index is -0.280. The van der Waals surface area contributed by atoms with Gasteiger partial charge < -0.3 is 14.8 Å². The summed E-state index contributed by atoms with van der Waals surface area (Å²) in [5, 5.41) is 12.4. The molecule has 1 aromatic heterocycles. The van der Waals surface area contributed by atoms with E-state index in [4.69, 9.17) is 4.42 Å². The van der Waals surface area contributed by atoms with Crippen LogP contribution in [0.25, 0.3) is 0 Å². The molecule has 0 saturated heterocycles. The first-order valence-electron chi connectivity index (χ1n) is 8.05. The number of thioether (sulfide) groups is 1. The van der Waals surface area contributed by atoms with Crippen LogP contribution < -0.4 is 5.32 Å². The van der Waals surface area contributed by atoms with Crippen LogP contribution in [0.1, 0.15) is 43.3 Å². The van der Waals surface area contributed by atoms with E-state index < -0.39 is 0 Å². The molecule has 1 amide bonds. The number of nitrogens with one attached hydrogen (secondary N) is 1. The first-order chi connectivity index (χ1) is 11.4. The molecule has 0 aliphatic carbocycles. The Bertz CT molecular complexity index is 646. The van der Waals surface area contributed by atoms with Crippen molar-refractivity contribution in [1.29, 1.82) is 0 Å². The van der Waals surface area contributed by atoms with Crippen LogP contribution in [0.4, 0.5) is 0 Å². The van der Waals surface area contributed by atoms with E-state index in [1.54, 1.807) is 11.8 Å². The van der Waals surface area contributed by atoms with Gasteiger partial charge in [-0.05, 0) is 30.0 Å². The van der Waals surface area contributed by atoms with Gasteiger partial charge >= 0.3 is 0 Å². The lowest BCUT2D eigenvalue weighted by atomic mass is 9.88. The molecular formula is C19H25NO3S. The third-order valence-corrected chi connectivity index (χ3v) is 4.57. The highest BCUT2D eigenvalue weighted by atomic mass is 32.2. The zero-order valence-corrected chi connectivity index (χ0v) is 15.2. The minimum absolute atomic E-state index is 0.0236. The van der Waals surface area contributed by atoms with Crippen LogP contribution in [0.2, 0.25) is 0 Å². The normalized spacial score (nSPS) is 12.8. The monoisotopic (exact) mass is 347 g/mol. The second-order valence-electron chi connectivity index (χ2n) is 6.99. The van der Waals surface area contributed by atoms with E-state index in [9.17, 15) is 9.90 Å². The lowest BCUT2D eigenvalue weighted by Crippen LogP contribution is -2.40. The molecule has 1 heterocycles. The molecule has 0 aliphatic rings. The molecule has 0 saturated carbocycles. The maximum Gasteiger partial charge on any atom is 0.287 e. The molecule has 2 N–H and O–H groups in total. The van der Waals surface area contributed by atoms with E-state index in [2.05, 4.69) is 26.1 Å². The maximum absolute atomic E-state index is 12.5. The molecule has 4 nitrogen and oxygen atoms in total. The number of benzene rings is 1. The van der Waals surface area contributed by atoms with Crippen molar-refractivity contribution in [3.05, 3.63) is 54.0 Å². The average molecular weight is 347 g/mol. The number of rotatable bonds is 7. The maximum atomic E-state index is 12.5. The summed E-state index contributed by atoms with van der Waals surface area (Å²) in [5.74, 6) is 0.713. The molecule has 0 spiro atoms. The van der Waals surface area contributed by atoms with Crippen molar-refractivity contribution >= 4 is 17.7 Å². The highest BCUT2D eigenvalue weighted by Gasteiger charge is 2.23. The Balaban J connectivity index is 1.99. The standard InChI is InChI=1S/C19H25NO3S/c1-19(2,3)11-15(12-21)20-18(22)17-14(9-10-23-17)13-24-16-7-5-4-6-8-16/h4-10,15,21H,11-13H2,1-3H3,(H,20,22). The van der Waals surface area contributed by atoms with Crippen molar-refractivity contribution in [3.8, 4) is 0 Å². The predicted octanol–water partition coefficient (Wildman–Crippen LogP) is 4.10. The zero-order chi connectivity index (χ0) is 17.6. The summed E-state index contributed by atoms with van der Waals surface area (Å²) in [5.41, 5.74) is 0.879. The van der Waals surface area contributed by atoms with Gasteiger partial charge in [0.2, 0.25) is 0 Å². The quantitative estimate of drug-likeness (QED) is 0.740. The fourth-order valence-electron chi connectivity index (χ4n) is 2.48. The summed E-state index contributed by atoms with van der Waals surface area (Å²) in [7, 11) is 0. The number of hydrogen-bond acceptors (Lipinski definition) is 4. The SMILES string of the molecule is CC(C)(C)CC(CO)NC(=O)c1occc1CSc1ccccc1. The van der Waals surface area contributed by atoms with Crippen LogP contribution in [-0.2, 0) is 5.75 Å². The molecule has 5 heteroatoms. The largest absolute Gasteiger partial charge is 0.459 e. The van der Waals surface area contributed by atoms with Gasteiger partial charge in [0.15, 0.2) is 5.76 Å². The Kier molecular flexibility index (Phi) is 6.52. The number of carbonyl (C=O) groups is 1. The molecular weight excluding hydrogens is 322 g/mol. The number of aliphatic hydroxyl groups excluding tert-OH is 1. The Morgan fingerprint density at radius 3 is 2.58 bits per heavy atom. The smallest absolute Gasteiger partial charge is 0.287 e. The van der Waals surface area contributed by atoms with Crippen molar-refractivity contribution in [1.82, 2.24) is 5.32 Å². The highest BCUT2D eigenvalue weighted by Crippen LogP contribution is 2.25. The second kappa shape index (κ2) is 8.40. The van der Waals surface area contributed by atoms with Crippen molar-refractivity contribution in [2.45, 2.75) is 43.9 Å². The first kappa shape index (κ1) is 18.6. The third-order valence-electron chi connectivity index (χ3n) is 3.50. The Hall–Kier alpha value is -1.72. The van der Waals surface area contributed by atoms with Gasteiger partial charge in [-0.1, -0.05) is 39.0 Å². The number of carbonyl (C=O) groups excluding carboxylic acids is 1. The van der Waals surface area contributed by atoms with Gasteiger partial charge in [-0.2, -0.15) is 0 Å². The molecule has 130 valence electrons. The average Bonchev–Trinajstić information content (AvgIpc) is 3.00. The minimum Gasteiger partial charge on any atom is -0.459 e. The summed E-state index contributed by atoms with van der Waals surface area (Å²) in [6, 6.07) is 11.6. The molecule has 1 aromatic carbocycles. The van der Waals surface area contributed by atoms with Gasteiger partial charge in [0, 0.05) is 16.2 Å². The van der Waals surface area contributed by atoms with Gasteiger partial charge in [0.25, 0.3) is 5.91 Å². The molecule has 0 radical (unpaired) electrons. The van der Waals surface area contributed by atoms with E-state index in [-0.39, 0.29) is 24.0 Å². The summed E-state index contributed by atoms with van der Waals surface area (Å²) >= 11 is 1.65. The number of furan rings is 1. The van der Waals surface area contributed by atoms with Crippen molar-refractivity contribution in [2.24, 2.45) is 5.41 Å². The van der Waals surface area contributed by atoms with Crippen LogP contribution in [-0.4, -0.2) is 23.7 Å². The molecule has 1 unspecified atom stereocenters. The fourth-order valence-corrected chi connectivity index (χ4v) is 3.38. The van der Waals surface area contributed by atoms with E-state index in [1.165, 1.54) is 6.26 Å². The van der Waals surface area contributed by atoms with Crippen LogP contribution >= 0.6 is 11.8 Å². The van der Waals surface area contributed by atoms with Gasteiger partial charge in [-0.25, -0.2) is 0 Å². The number of hydrogen-bond donors (Lipinski definition) is 2. The van der Waals surface area contributed by atoms with Crippen LogP contribution in [0, 0.1) is 5.41 Å². The van der Waals surface area contributed by atoms with E-state index in [0.717, 1.165) is 10.5 Å². The van der Waals surface area contributed by atoms with Crippen molar-refractivity contribution in [3.63, 3.8) is 0 Å². The molecule has 1 atom stereocenters. The zero-order valence-electron chi connectivity index (χ0n) is 14.4. The lowest BCUT2D eigenvalue weighted by molar-refractivity contribution is 0.0869. The fraction of sp³-hybridized carbons (Fsp3) is 0.421. The van der Waals surface area contributed by atoms with Crippen LogP contribution in [0.15, 0.2) is 52.0 Å². The molecule has 2 aromatic rings. The number of amides is 1. The van der Waals surface area contributed by atoms with Gasteiger partial charge in [-0.15, -0.1) is 11.8 Å². The Labute approximate surface area is 147 Å². The van der Waals surface area contributed by atoms with Gasteiger partial charge in [0.05, 0.1) is 18.9 Å². The predicted molar refractivity (Wildman–Crippen MR) is 97.1 cm³/mol. The van der Waals surface area contributed by atoms with E-state index >= 15 is 0 Å². The summed E-state index contributed by atoms with van der Waals surface area (Å²) in [6.07, 6.45) is 2.23. The summed E-state index contributed by atoms with van der Waals surface area (Å²) in [4.78, 5) is 13.6. The third kappa shape index (κ3) is 5.73. The van der Waals surface area contributed by atoms with Crippen LogP contribution in [0.3, 0.4) is 0 Å². The summed E-state index contributed by atoms with van der Waals surface area (Å²) < 4.78 is 5.38. The second-order valence-corrected chi connectivity index (χ2v) is 8.04. The lowest BCUT2D eigenvalue weighted by Gasteiger charge is -2.25. The van der Waals surface area contributed by atoms with E-state index in [0.29, 0.717) is 17.9 Å². The van der Waals surface area contributed by atoms with Crippen LogP contribution in [0.5, 0.6) is 0 Å². The molecule has 0 aliphatic heterocycles. The van der Waals surface area contributed by atoms with Crippen molar-refractivity contribution < 1.29 is 14.3 Å². The molecule has 2 rings (SSSR count). The van der Waals surface area contributed by atoms with Gasteiger partial charge in [0.1, 0.15) is 0 Å². The summed E-state index contributed by atoms with van der Waals surface area (Å²) in [6.45, 7) is 6.15. The molecule has 0 bridgehead atoms.